The average Bonchev–Trinajstić information content (AvgIpc) is 2.15. The van der Waals surface area contributed by atoms with Crippen molar-refractivity contribution in [2.45, 2.75) is 19.4 Å². The molecule has 4 nitrogen and oxygen atoms in total. The van der Waals surface area contributed by atoms with Crippen molar-refractivity contribution < 1.29 is 0 Å². The molecule has 1 heterocycles. The molecule has 3 N–H and O–H groups in total. The molecule has 0 saturated heterocycles. The molecule has 6 heteroatoms. The zero-order valence-electron chi connectivity index (χ0n) is 9.17. The van der Waals surface area contributed by atoms with Gasteiger partial charge in [0.25, 0.3) is 0 Å². The molecular weight excluding hydrogens is 336 g/mol. The number of halogens is 2. The van der Waals surface area contributed by atoms with Crippen LogP contribution in [0.15, 0.2) is 21.2 Å². The van der Waals surface area contributed by atoms with Crippen LogP contribution in [0.25, 0.3) is 0 Å². The summed E-state index contributed by atoms with van der Waals surface area (Å²) in [6, 6.07) is 2.08. The number of anilines is 1. The number of pyridine rings is 1. The number of hydrogen-bond acceptors (Lipinski definition) is 3. The molecular formula is C10H14Br2N4. The maximum absolute atomic E-state index is 7.28. The van der Waals surface area contributed by atoms with E-state index in [0.29, 0.717) is 6.42 Å². The van der Waals surface area contributed by atoms with Crippen molar-refractivity contribution in [2.24, 2.45) is 5.73 Å². The summed E-state index contributed by atoms with van der Waals surface area (Å²) < 4.78 is 1.84. The van der Waals surface area contributed by atoms with E-state index in [-0.39, 0.29) is 11.9 Å². The van der Waals surface area contributed by atoms with Crippen molar-refractivity contribution in [2.75, 3.05) is 11.9 Å². The Hall–Kier alpha value is -0.620. The second-order valence-electron chi connectivity index (χ2n) is 3.65. The molecule has 0 fully saturated rings. The van der Waals surface area contributed by atoms with Gasteiger partial charge in [0.1, 0.15) is 5.82 Å². The number of nitrogens with zero attached hydrogens (tertiary/aromatic N) is 2. The molecule has 88 valence electrons. The number of rotatable bonds is 4. The summed E-state index contributed by atoms with van der Waals surface area (Å²) in [7, 11) is 1.94. The summed E-state index contributed by atoms with van der Waals surface area (Å²) in [5.74, 6) is 1.03. The second kappa shape index (κ2) is 5.63. The molecule has 1 unspecified atom stereocenters. The number of nitrogens with one attached hydrogen (secondary N) is 1. The zero-order chi connectivity index (χ0) is 12.3. The van der Waals surface area contributed by atoms with Crippen LogP contribution < -0.4 is 10.6 Å². The zero-order valence-corrected chi connectivity index (χ0v) is 12.3. The largest absolute Gasteiger partial charge is 0.388 e. The summed E-state index contributed by atoms with van der Waals surface area (Å²) in [5.41, 5.74) is 5.39. The summed E-state index contributed by atoms with van der Waals surface area (Å²) in [5, 5.41) is 7.28. The van der Waals surface area contributed by atoms with E-state index in [0.717, 1.165) is 14.8 Å². The van der Waals surface area contributed by atoms with Crippen LogP contribution in [0.5, 0.6) is 0 Å². The monoisotopic (exact) mass is 348 g/mol. The lowest BCUT2D eigenvalue weighted by molar-refractivity contribution is 0.698. The first kappa shape index (κ1) is 13.4. The summed E-state index contributed by atoms with van der Waals surface area (Å²) in [6.07, 6.45) is 2.28. The van der Waals surface area contributed by atoms with Gasteiger partial charge in [0.2, 0.25) is 0 Å². The normalized spacial score (nSPS) is 12.2. The number of hydrogen-bond donors (Lipinski definition) is 2. The van der Waals surface area contributed by atoms with Crippen LogP contribution >= 0.6 is 31.9 Å². The number of aromatic nitrogens is 1. The van der Waals surface area contributed by atoms with Gasteiger partial charge in [0, 0.05) is 30.2 Å². The van der Waals surface area contributed by atoms with Gasteiger partial charge in [0.05, 0.1) is 10.3 Å². The predicted octanol–water partition coefficient (Wildman–Crippen LogP) is 2.76. The third-order valence-corrected chi connectivity index (χ3v) is 3.32. The van der Waals surface area contributed by atoms with Crippen LogP contribution in [0, 0.1) is 5.41 Å². The van der Waals surface area contributed by atoms with Gasteiger partial charge < -0.3 is 10.6 Å². The number of amidine groups is 1. The van der Waals surface area contributed by atoms with Crippen molar-refractivity contribution in [1.29, 1.82) is 5.41 Å². The van der Waals surface area contributed by atoms with E-state index in [4.69, 9.17) is 11.1 Å². The van der Waals surface area contributed by atoms with Crippen LogP contribution in [0.2, 0.25) is 0 Å². The predicted molar refractivity (Wildman–Crippen MR) is 74.0 cm³/mol. The average molecular weight is 350 g/mol. The van der Waals surface area contributed by atoms with Gasteiger partial charge in [-0.05, 0) is 44.8 Å². The minimum atomic E-state index is 0.141. The Morgan fingerprint density at radius 3 is 2.75 bits per heavy atom. The molecule has 0 radical (unpaired) electrons. The first-order valence-electron chi connectivity index (χ1n) is 4.78. The maximum atomic E-state index is 7.28. The highest BCUT2D eigenvalue weighted by atomic mass is 79.9. The van der Waals surface area contributed by atoms with Gasteiger partial charge in [-0.25, -0.2) is 4.98 Å². The van der Waals surface area contributed by atoms with Gasteiger partial charge >= 0.3 is 0 Å². The van der Waals surface area contributed by atoms with E-state index in [1.54, 1.807) is 6.20 Å². The number of nitrogens with two attached hydrogens (primary N) is 1. The lowest BCUT2D eigenvalue weighted by Gasteiger charge is -2.26. The minimum absolute atomic E-state index is 0.141. The third kappa shape index (κ3) is 3.45. The van der Waals surface area contributed by atoms with Crippen LogP contribution in [0.4, 0.5) is 5.82 Å². The summed E-state index contributed by atoms with van der Waals surface area (Å²) >= 11 is 6.82. The first-order valence-corrected chi connectivity index (χ1v) is 6.37. The van der Waals surface area contributed by atoms with Crippen molar-refractivity contribution in [3.05, 3.63) is 21.2 Å². The van der Waals surface area contributed by atoms with E-state index in [2.05, 4.69) is 36.8 Å². The highest BCUT2D eigenvalue weighted by Gasteiger charge is 2.15. The fourth-order valence-corrected chi connectivity index (χ4v) is 2.60. The molecule has 0 aliphatic heterocycles. The molecule has 1 aromatic rings. The molecule has 1 atom stereocenters. The van der Waals surface area contributed by atoms with Crippen molar-refractivity contribution in [3.8, 4) is 0 Å². The highest BCUT2D eigenvalue weighted by molar-refractivity contribution is 9.11. The quantitative estimate of drug-likeness (QED) is 0.648. The van der Waals surface area contributed by atoms with Gasteiger partial charge in [0.15, 0.2) is 0 Å². The summed E-state index contributed by atoms with van der Waals surface area (Å²) in [4.78, 5) is 6.32. The Kier molecular flexibility index (Phi) is 4.73. The van der Waals surface area contributed by atoms with E-state index in [9.17, 15) is 0 Å². The molecule has 1 aromatic heterocycles. The van der Waals surface area contributed by atoms with Gasteiger partial charge in [-0.1, -0.05) is 0 Å². The molecule has 0 aliphatic rings. The lowest BCUT2D eigenvalue weighted by atomic mass is 10.2. The molecule has 1 rings (SSSR count). The minimum Gasteiger partial charge on any atom is -0.388 e. The molecule has 0 bridgehead atoms. The Bertz CT molecular complexity index is 394. The molecule has 16 heavy (non-hydrogen) atoms. The topological polar surface area (TPSA) is 66.0 Å². The smallest absolute Gasteiger partial charge is 0.142 e. The van der Waals surface area contributed by atoms with Gasteiger partial charge in [-0.2, -0.15) is 0 Å². The summed E-state index contributed by atoms with van der Waals surface area (Å²) in [6.45, 7) is 2.01. The van der Waals surface area contributed by atoms with Crippen LogP contribution in [0.1, 0.15) is 13.3 Å². The fourth-order valence-electron chi connectivity index (χ4n) is 1.33. The maximum Gasteiger partial charge on any atom is 0.142 e. The van der Waals surface area contributed by atoms with Crippen LogP contribution in [0.3, 0.4) is 0 Å². The third-order valence-electron chi connectivity index (χ3n) is 2.30. The first-order chi connectivity index (χ1) is 7.41. The van der Waals surface area contributed by atoms with Crippen LogP contribution in [-0.4, -0.2) is 23.9 Å². The van der Waals surface area contributed by atoms with E-state index in [1.807, 2.05) is 24.9 Å². The Balaban J connectivity index is 2.87. The molecule has 0 aromatic carbocycles. The highest BCUT2D eigenvalue weighted by Crippen LogP contribution is 2.27. The van der Waals surface area contributed by atoms with E-state index in [1.165, 1.54) is 0 Å². The molecule has 0 amide bonds. The van der Waals surface area contributed by atoms with Crippen molar-refractivity contribution in [3.63, 3.8) is 0 Å². The molecule has 0 spiro atoms. The van der Waals surface area contributed by atoms with Gasteiger partial charge in [-0.15, -0.1) is 0 Å². The van der Waals surface area contributed by atoms with Gasteiger partial charge in [-0.3, -0.25) is 5.41 Å². The SMILES string of the molecule is CC(CC(=N)N)N(C)c1ncc(Br)cc1Br. The lowest BCUT2D eigenvalue weighted by Crippen LogP contribution is -2.33. The fraction of sp³-hybridized carbons (Fsp3) is 0.400. The van der Waals surface area contributed by atoms with Crippen LogP contribution in [-0.2, 0) is 0 Å². The Labute approximate surface area is 112 Å². The second-order valence-corrected chi connectivity index (χ2v) is 5.42. The van der Waals surface area contributed by atoms with Crippen molar-refractivity contribution in [1.82, 2.24) is 4.98 Å². The van der Waals surface area contributed by atoms with E-state index < -0.39 is 0 Å². The van der Waals surface area contributed by atoms with Crippen molar-refractivity contribution >= 4 is 43.5 Å². The standard InChI is InChI=1S/C10H14Br2N4/c1-6(3-9(13)14)16(2)10-8(12)4-7(11)5-15-10/h4-6H,3H2,1-2H3,(H3,13,14). The Morgan fingerprint density at radius 2 is 2.25 bits per heavy atom. The molecule has 0 aliphatic carbocycles. The van der Waals surface area contributed by atoms with E-state index >= 15 is 0 Å². The molecule has 0 saturated carbocycles. The Morgan fingerprint density at radius 1 is 1.62 bits per heavy atom.